The maximum atomic E-state index is 13.4. The molecule has 0 fully saturated rings. The minimum atomic E-state index is -1.90. The van der Waals surface area contributed by atoms with Gasteiger partial charge in [0, 0.05) is 11.6 Å². The average Bonchev–Trinajstić information content (AvgIpc) is 2.92. The van der Waals surface area contributed by atoms with Crippen molar-refractivity contribution in [1.82, 2.24) is 10.7 Å². The lowest BCUT2D eigenvalue weighted by Gasteiger charge is -2.27. The molecule has 180 valence electrons. The summed E-state index contributed by atoms with van der Waals surface area (Å²) in [5, 5.41) is 13.7. The fourth-order valence-corrected chi connectivity index (χ4v) is 4.03. The van der Waals surface area contributed by atoms with E-state index < -0.39 is 41.5 Å². The van der Waals surface area contributed by atoms with Gasteiger partial charge >= 0.3 is 0 Å². The molecule has 3 atom stereocenters. The molecule has 7 nitrogen and oxygen atoms in total. The van der Waals surface area contributed by atoms with Gasteiger partial charge in [0.2, 0.25) is 0 Å². The van der Waals surface area contributed by atoms with E-state index in [1.54, 1.807) is 19.1 Å². The molecule has 9 heteroatoms. The van der Waals surface area contributed by atoms with Crippen molar-refractivity contribution < 1.29 is 28.3 Å². The smallest absolute Gasteiger partial charge is 0.261 e. The molecule has 4 rings (SSSR count). The third kappa shape index (κ3) is 4.76. The molecule has 3 aromatic rings. The molecule has 0 saturated heterocycles. The molecule has 3 amide bonds. The van der Waals surface area contributed by atoms with Crippen molar-refractivity contribution in [3.8, 4) is 11.1 Å². The molecule has 3 aromatic carbocycles. The number of anilines is 1. The van der Waals surface area contributed by atoms with Crippen molar-refractivity contribution in [1.29, 1.82) is 0 Å². The van der Waals surface area contributed by atoms with Gasteiger partial charge < -0.3 is 10.4 Å². The number of nitrogens with zero attached hydrogens (tertiary/aromatic N) is 1. The first-order chi connectivity index (χ1) is 16.7. The van der Waals surface area contributed by atoms with Gasteiger partial charge in [-0.05, 0) is 48.7 Å². The van der Waals surface area contributed by atoms with Crippen LogP contribution in [0.4, 0.5) is 14.5 Å². The monoisotopic (exact) mass is 479 g/mol. The van der Waals surface area contributed by atoms with Gasteiger partial charge in [0.15, 0.2) is 6.10 Å². The van der Waals surface area contributed by atoms with Crippen molar-refractivity contribution in [3.05, 3.63) is 89.5 Å². The number of hydrogen-bond acceptors (Lipinski definition) is 4. The van der Waals surface area contributed by atoms with E-state index in [1.165, 1.54) is 6.92 Å². The Morgan fingerprint density at radius 3 is 2.23 bits per heavy atom. The Bertz CT molecular complexity index is 1290. The number of aliphatic hydroxyl groups is 1. The number of carbonyl (C=O) groups excluding carboxylic acids is 3. The molecule has 35 heavy (non-hydrogen) atoms. The van der Waals surface area contributed by atoms with Gasteiger partial charge in [0.05, 0.1) is 11.6 Å². The van der Waals surface area contributed by atoms with Crippen LogP contribution in [0.5, 0.6) is 0 Å². The van der Waals surface area contributed by atoms with Gasteiger partial charge in [-0.3, -0.25) is 19.8 Å². The summed E-state index contributed by atoms with van der Waals surface area (Å²) in [7, 11) is 0. The summed E-state index contributed by atoms with van der Waals surface area (Å²) in [4.78, 5) is 38.7. The highest BCUT2D eigenvalue weighted by molar-refractivity contribution is 6.06. The lowest BCUT2D eigenvalue weighted by atomic mass is 9.92. The standard InChI is InChI=1S/C26H23F2N3O4/c1-14-19-7-3-4-8-20(19)21-9-5-6-10-22(21)31(26(14)35)30-24(33)15(2)29-25(34)23(32)16-11-17(27)13-18(28)12-16/h3-15,23,32H,1-2H3,(H,29,34)(H,30,33)/t14?,15-,23+/m0/s1. The maximum absolute atomic E-state index is 13.4. The summed E-state index contributed by atoms with van der Waals surface area (Å²) in [6, 6.07) is 15.7. The molecule has 0 aliphatic carbocycles. The van der Waals surface area contributed by atoms with Gasteiger partial charge in [0.25, 0.3) is 17.7 Å². The Hall–Kier alpha value is -4.11. The molecule has 1 unspecified atom stereocenters. The first-order valence-corrected chi connectivity index (χ1v) is 10.9. The Morgan fingerprint density at radius 2 is 1.54 bits per heavy atom. The van der Waals surface area contributed by atoms with E-state index in [-0.39, 0.29) is 11.5 Å². The zero-order valence-electron chi connectivity index (χ0n) is 19.0. The number of nitrogens with one attached hydrogen (secondary N) is 2. The zero-order valence-corrected chi connectivity index (χ0v) is 19.0. The van der Waals surface area contributed by atoms with E-state index in [1.807, 2.05) is 36.4 Å². The van der Waals surface area contributed by atoms with Crippen LogP contribution in [0.3, 0.4) is 0 Å². The molecule has 0 aromatic heterocycles. The number of hydrogen-bond donors (Lipinski definition) is 3. The van der Waals surface area contributed by atoms with Gasteiger partial charge in [0.1, 0.15) is 17.7 Å². The van der Waals surface area contributed by atoms with Crippen LogP contribution in [0.1, 0.15) is 37.0 Å². The van der Waals surface area contributed by atoms with E-state index >= 15 is 0 Å². The van der Waals surface area contributed by atoms with E-state index in [2.05, 4.69) is 10.7 Å². The van der Waals surface area contributed by atoms with Crippen LogP contribution in [0, 0.1) is 11.6 Å². The molecule has 0 radical (unpaired) electrons. The molecule has 1 aliphatic rings. The average molecular weight is 479 g/mol. The van der Waals surface area contributed by atoms with Crippen molar-refractivity contribution in [2.75, 3.05) is 5.01 Å². The Morgan fingerprint density at radius 1 is 0.943 bits per heavy atom. The minimum Gasteiger partial charge on any atom is -0.378 e. The molecule has 1 heterocycles. The van der Waals surface area contributed by atoms with Crippen LogP contribution < -0.4 is 15.8 Å². The van der Waals surface area contributed by atoms with Crippen LogP contribution in [0.2, 0.25) is 0 Å². The highest BCUT2D eigenvalue weighted by Crippen LogP contribution is 2.39. The topological polar surface area (TPSA) is 98.7 Å². The number of benzene rings is 3. The third-order valence-electron chi connectivity index (χ3n) is 5.88. The van der Waals surface area contributed by atoms with Crippen molar-refractivity contribution in [3.63, 3.8) is 0 Å². The lowest BCUT2D eigenvalue weighted by Crippen LogP contribution is -2.54. The van der Waals surface area contributed by atoms with Crippen LogP contribution in [-0.4, -0.2) is 28.9 Å². The Kier molecular flexibility index (Phi) is 6.61. The number of hydrazine groups is 1. The van der Waals surface area contributed by atoms with Crippen molar-refractivity contribution in [2.24, 2.45) is 0 Å². The largest absolute Gasteiger partial charge is 0.378 e. The Labute approximate surface area is 200 Å². The predicted molar refractivity (Wildman–Crippen MR) is 125 cm³/mol. The molecule has 0 bridgehead atoms. The first-order valence-electron chi connectivity index (χ1n) is 10.9. The maximum Gasteiger partial charge on any atom is 0.261 e. The molecule has 0 spiro atoms. The fourth-order valence-electron chi connectivity index (χ4n) is 4.03. The highest BCUT2D eigenvalue weighted by atomic mass is 19.1. The summed E-state index contributed by atoms with van der Waals surface area (Å²) in [5.41, 5.74) is 5.17. The van der Waals surface area contributed by atoms with Crippen LogP contribution in [0.25, 0.3) is 11.1 Å². The van der Waals surface area contributed by atoms with Crippen molar-refractivity contribution in [2.45, 2.75) is 31.9 Å². The van der Waals surface area contributed by atoms with Crippen LogP contribution in [0.15, 0.2) is 66.7 Å². The van der Waals surface area contributed by atoms with Gasteiger partial charge in [-0.1, -0.05) is 42.5 Å². The van der Waals surface area contributed by atoms with Gasteiger partial charge in [-0.2, -0.15) is 0 Å². The fraction of sp³-hybridized carbons (Fsp3) is 0.192. The van der Waals surface area contributed by atoms with E-state index in [4.69, 9.17) is 0 Å². The lowest BCUT2D eigenvalue weighted by molar-refractivity contribution is -0.134. The molecule has 0 saturated carbocycles. The highest BCUT2D eigenvalue weighted by Gasteiger charge is 2.33. The molecule has 3 N–H and O–H groups in total. The number of para-hydroxylation sites is 1. The summed E-state index contributed by atoms with van der Waals surface area (Å²) in [5.74, 6) is -4.59. The number of amides is 3. The predicted octanol–water partition coefficient (Wildman–Crippen LogP) is 3.35. The van der Waals surface area contributed by atoms with E-state index in [0.717, 1.165) is 33.8 Å². The minimum absolute atomic E-state index is 0.296. The van der Waals surface area contributed by atoms with E-state index in [0.29, 0.717) is 11.8 Å². The Balaban J connectivity index is 1.54. The SMILES string of the molecule is CC1C(=O)N(NC(=O)[C@H](C)NC(=O)[C@H](O)c2cc(F)cc(F)c2)c2ccccc2-c2ccccc21. The molecular weight excluding hydrogens is 456 g/mol. The quantitative estimate of drug-likeness (QED) is 0.523. The van der Waals surface area contributed by atoms with Crippen LogP contribution >= 0.6 is 0 Å². The second-order valence-electron chi connectivity index (χ2n) is 8.31. The summed E-state index contributed by atoms with van der Waals surface area (Å²) in [6.07, 6.45) is -1.90. The number of aliphatic hydroxyl groups excluding tert-OH is 1. The van der Waals surface area contributed by atoms with E-state index in [9.17, 15) is 28.3 Å². The second-order valence-corrected chi connectivity index (χ2v) is 8.31. The zero-order chi connectivity index (χ0) is 25.3. The normalized spacial score (nSPS) is 16.4. The van der Waals surface area contributed by atoms with Gasteiger partial charge in [-0.25, -0.2) is 13.8 Å². The summed E-state index contributed by atoms with van der Waals surface area (Å²) < 4.78 is 26.9. The number of fused-ring (bicyclic) bond motifs is 3. The summed E-state index contributed by atoms with van der Waals surface area (Å²) in [6.45, 7) is 3.10. The molecule has 1 aliphatic heterocycles. The second kappa shape index (κ2) is 9.63. The number of rotatable bonds is 5. The van der Waals surface area contributed by atoms with Crippen molar-refractivity contribution >= 4 is 23.4 Å². The third-order valence-corrected chi connectivity index (χ3v) is 5.88. The number of carbonyl (C=O) groups is 3. The molecular formula is C26H23F2N3O4. The van der Waals surface area contributed by atoms with Gasteiger partial charge in [-0.15, -0.1) is 0 Å². The summed E-state index contributed by atoms with van der Waals surface area (Å²) >= 11 is 0. The van der Waals surface area contributed by atoms with Crippen LogP contribution in [-0.2, 0) is 14.4 Å². The number of halogens is 2. The first kappa shape index (κ1) is 24.0.